The summed E-state index contributed by atoms with van der Waals surface area (Å²) in [4.78, 5) is 23.2. The average molecular weight is 234 g/mol. The molecule has 17 heavy (non-hydrogen) atoms. The first-order valence-corrected chi connectivity index (χ1v) is 6.42. The van der Waals surface area contributed by atoms with Crippen molar-refractivity contribution in [3.05, 3.63) is 12.3 Å². The van der Waals surface area contributed by atoms with Crippen LogP contribution in [0.5, 0.6) is 0 Å². The molecule has 0 aliphatic heterocycles. The molecular formula is C14H18O3. The predicted octanol–water partition coefficient (Wildman–Crippen LogP) is 2.25. The second kappa shape index (κ2) is 3.44. The van der Waals surface area contributed by atoms with Gasteiger partial charge < -0.3 is 4.74 Å². The number of carbonyl (C=O) groups excluding carboxylic acids is 2. The minimum Gasteiger partial charge on any atom is -0.484 e. The highest BCUT2D eigenvalue weighted by Crippen LogP contribution is 2.56. The van der Waals surface area contributed by atoms with Crippen molar-refractivity contribution in [3.63, 3.8) is 0 Å². The molecule has 4 bridgehead atoms. The first kappa shape index (κ1) is 11.0. The molecule has 2 unspecified atom stereocenters. The molecule has 92 valence electrons. The van der Waals surface area contributed by atoms with E-state index in [0.29, 0.717) is 11.7 Å². The molecule has 3 nitrogen and oxygen atoms in total. The van der Waals surface area contributed by atoms with Crippen molar-refractivity contribution in [3.8, 4) is 0 Å². The van der Waals surface area contributed by atoms with E-state index in [1.54, 1.807) is 0 Å². The Morgan fingerprint density at radius 2 is 1.88 bits per heavy atom. The van der Waals surface area contributed by atoms with E-state index in [9.17, 15) is 9.59 Å². The quantitative estimate of drug-likeness (QED) is 0.555. The van der Waals surface area contributed by atoms with E-state index in [2.05, 4.69) is 6.58 Å². The zero-order valence-corrected chi connectivity index (χ0v) is 10.2. The fourth-order valence-corrected chi connectivity index (χ4v) is 4.13. The number of rotatable bonds is 3. The standard InChI is InChI=1S/C14H18O3/c1-8(15)9(2)17-14-5-10-3-11(6-14)13(16)12(4-10)7-14/h10-12H,2-7H2,1H3. The zero-order chi connectivity index (χ0) is 12.2. The first-order chi connectivity index (χ1) is 7.99. The Bertz CT molecular complexity index is 392. The van der Waals surface area contributed by atoms with Crippen molar-refractivity contribution in [2.75, 3.05) is 0 Å². The molecule has 0 amide bonds. The van der Waals surface area contributed by atoms with Crippen LogP contribution in [0.2, 0.25) is 0 Å². The number of hydrogen-bond acceptors (Lipinski definition) is 3. The van der Waals surface area contributed by atoms with Crippen LogP contribution < -0.4 is 0 Å². The number of hydrogen-bond donors (Lipinski definition) is 0. The summed E-state index contributed by atoms with van der Waals surface area (Å²) in [6.45, 7) is 5.17. The Morgan fingerprint density at radius 1 is 1.29 bits per heavy atom. The second-order valence-electron chi connectivity index (χ2n) is 6.01. The minimum atomic E-state index is -0.257. The van der Waals surface area contributed by atoms with Gasteiger partial charge in [0.2, 0.25) is 0 Å². The van der Waals surface area contributed by atoms with Crippen LogP contribution in [-0.2, 0) is 14.3 Å². The van der Waals surface area contributed by atoms with Gasteiger partial charge in [-0.3, -0.25) is 9.59 Å². The molecule has 4 aliphatic carbocycles. The van der Waals surface area contributed by atoms with Gasteiger partial charge in [0.15, 0.2) is 11.5 Å². The van der Waals surface area contributed by atoms with E-state index in [4.69, 9.17) is 4.74 Å². The SMILES string of the molecule is C=C(OC12CC3CC(C1)C(=O)C(C3)C2)C(C)=O. The van der Waals surface area contributed by atoms with E-state index in [1.807, 2.05) is 0 Å². The van der Waals surface area contributed by atoms with Gasteiger partial charge in [-0.25, -0.2) is 0 Å². The van der Waals surface area contributed by atoms with E-state index in [-0.39, 0.29) is 29.0 Å². The number of allylic oxidation sites excluding steroid dienone is 1. The van der Waals surface area contributed by atoms with Gasteiger partial charge in [0.05, 0.1) is 0 Å². The van der Waals surface area contributed by atoms with Crippen LogP contribution in [0.4, 0.5) is 0 Å². The summed E-state index contributed by atoms with van der Waals surface area (Å²) < 4.78 is 5.86. The molecule has 4 fully saturated rings. The number of ether oxygens (including phenoxy) is 1. The molecular weight excluding hydrogens is 216 g/mol. The molecule has 2 atom stereocenters. The lowest BCUT2D eigenvalue weighted by molar-refractivity contribution is -0.167. The number of ketones is 2. The summed E-state index contributed by atoms with van der Waals surface area (Å²) in [6, 6.07) is 0. The summed E-state index contributed by atoms with van der Waals surface area (Å²) in [5, 5.41) is 0. The third-order valence-electron chi connectivity index (χ3n) is 4.67. The largest absolute Gasteiger partial charge is 0.484 e. The lowest BCUT2D eigenvalue weighted by Crippen LogP contribution is -2.56. The Balaban J connectivity index is 1.83. The molecule has 0 radical (unpaired) electrons. The van der Waals surface area contributed by atoms with Gasteiger partial charge in [0.25, 0.3) is 0 Å². The highest BCUT2D eigenvalue weighted by Gasteiger charge is 2.56. The highest BCUT2D eigenvalue weighted by molar-refractivity contribution is 5.90. The smallest absolute Gasteiger partial charge is 0.193 e. The fourth-order valence-electron chi connectivity index (χ4n) is 4.13. The van der Waals surface area contributed by atoms with Crippen LogP contribution in [0.1, 0.15) is 39.0 Å². The van der Waals surface area contributed by atoms with Gasteiger partial charge in [-0.1, -0.05) is 6.58 Å². The van der Waals surface area contributed by atoms with E-state index in [1.165, 1.54) is 6.92 Å². The maximum Gasteiger partial charge on any atom is 0.193 e. The molecule has 4 saturated carbocycles. The Labute approximate surface area is 101 Å². The monoisotopic (exact) mass is 234 g/mol. The summed E-state index contributed by atoms with van der Waals surface area (Å²) in [5.74, 6) is 1.58. The third-order valence-corrected chi connectivity index (χ3v) is 4.67. The molecule has 0 aromatic carbocycles. The van der Waals surface area contributed by atoms with Crippen molar-refractivity contribution in [1.29, 1.82) is 0 Å². The summed E-state index contributed by atoms with van der Waals surface area (Å²) >= 11 is 0. The van der Waals surface area contributed by atoms with Crippen molar-refractivity contribution in [1.82, 2.24) is 0 Å². The van der Waals surface area contributed by atoms with Gasteiger partial charge >= 0.3 is 0 Å². The van der Waals surface area contributed by atoms with Gasteiger partial charge in [-0.05, 0) is 38.0 Å². The normalized spacial score (nSPS) is 42.6. The lowest BCUT2D eigenvalue weighted by atomic mass is 9.53. The summed E-state index contributed by atoms with van der Waals surface area (Å²) in [5.41, 5.74) is -0.257. The molecule has 0 N–H and O–H groups in total. The molecule has 3 heteroatoms. The van der Waals surface area contributed by atoms with Gasteiger partial charge in [0.1, 0.15) is 11.4 Å². The topological polar surface area (TPSA) is 43.4 Å². The Kier molecular flexibility index (Phi) is 2.22. The van der Waals surface area contributed by atoms with Crippen LogP contribution in [-0.4, -0.2) is 17.2 Å². The average Bonchev–Trinajstić information content (AvgIpc) is 2.23. The minimum absolute atomic E-state index is 0.105. The molecule has 0 aromatic rings. The maximum absolute atomic E-state index is 12.0. The highest BCUT2D eigenvalue weighted by atomic mass is 16.5. The zero-order valence-electron chi connectivity index (χ0n) is 10.2. The second-order valence-corrected chi connectivity index (χ2v) is 6.01. The van der Waals surface area contributed by atoms with Crippen molar-refractivity contribution in [2.45, 2.75) is 44.6 Å². The number of carbonyl (C=O) groups is 2. The summed E-state index contributed by atoms with van der Waals surface area (Å²) in [7, 11) is 0. The predicted molar refractivity (Wildman–Crippen MR) is 62.2 cm³/mol. The van der Waals surface area contributed by atoms with E-state index < -0.39 is 0 Å². The Morgan fingerprint density at radius 3 is 2.41 bits per heavy atom. The van der Waals surface area contributed by atoms with Crippen LogP contribution in [0.25, 0.3) is 0 Å². The Hall–Kier alpha value is -1.12. The third kappa shape index (κ3) is 1.63. The molecule has 4 aliphatic rings. The van der Waals surface area contributed by atoms with Crippen molar-refractivity contribution in [2.24, 2.45) is 17.8 Å². The molecule has 0 aromatic heterocycles. The maximum atomic E-state index is 12.0. The summed E-state index contributed by atoms with van der Waals surface area (Å²) in [6.07, 6.45) is 4.66. The van der Waals surface area contributed by atoms with Crippen LogP contribution in [0.15, 0.2) is 12.3 Å². The molecule has 0 saturated heterocycles. The molecule has 0 spiro atoms. The number of Topliss-reactive ketones (excluding diaryl/α,β-unsaturated/α-hetero) is 2. The van der Waals surface area contributed by atoms with E-state index in [0.717, 1.165) is 32.1 Å². The van der Waals surface area contributed by atoms with Gasteiger partial charge in [-0.2, -0.15) is 0 Å². The van der Waals surface area contributed by atoms with Crippen molar-refractivity contribution < 1.29 is 14.3 Å². The first-order valence-electron chi connectivity index (χ1n) is 6.42. The lowest BCUT2D eigenvalue weighted by Gasteiger charge is -2.55. The van der Waals surface area contributed by atoms with Crippen molar-refractivity contribution >= 4 is 11.6 Å². The fraction of sp³-hybridized carbons (Fsp3) is 0.714. The van der Waals surface area contributed by atoms with Gasteiger partial charge in [-0.15, -0.1) is 0 Å². The van der Waals surface area contributed by atoms with Crippen LogP contribution in [0, 0.1) is 17.8 Å². The van der Waals surface area contributed by atoms with Crippen LogP contribution >= 0.6 is 0 Å². The molecule has 4 rings (SSSR count). The molecule has 0 heterocycles. The van der Waals surface area contributed by atoms with Crippen LogP contribution in [0.3, 0.4) is 0 Å². The van der Waals surface area contributed by atoms with E-state index >= 15 is 0 Å². The van der Waals surface area contributed by atoms with Gasteiger partial charge in [0, 0.05) is 18.8 Å².